The Kier molecular flexibility index (Phi) is 6.32. The summed E-state index contributed by atoms with van der Waals surface area (Å²) in [6.45, 7) is 4.06. The Morgan fingerprint density at radius 2 is 1.88 bits per heavy atom. The van der Waals surface area contributed by atoms with Gasteiger partial charge >= 0.3 is 0 Å². The maximum absolute atomic E-state index is 12.3. The number of benzene rings is 1. The van der Waals surface area contributed by atoms with E-state index >= 15 is 0 Å². The van der Waals surface area contributed by atoms with Gasteiger partial charge in [0.05, 0.1) is 13.2 Å². The summed E-state index contributed by atoms with van der Waals surface area (Å²) in [5.74, 6) is 1.45. The van der Waals surface area contributed by atoms with Crippen molar-refractivity contribution in [3.63, 3.8) is 0 Å². The van der Waals surface area contributed by atoms with Gasteiger partial charge in [0.1, 0.15) is 12.4 Å². The predicted molar refractivity (Wildman–Crippen MR) is 97.9 cm³/mol. The average molecular weight is 346 g/mol. The van der Waals surface area contributed by atoms with Gasteiger partial charge in [-0.25, -0.2) is 0 Å². The molecule has 2 aliphatic rings. The zero-order valence-electron chi connectivity index (χ0n) is 15.4. The molecule has 0 unspecified atom stereocenters. The highest BCUT2D eigenvalue weighted by atomic mass is 16.5. The van der Waals surface area contributed by atoms with Crippen molar-refractivity contribution < 1.29 is 14.3 Å². The summed E-state index contributed by atoms with van der Waals surface area (Å²) in [4.78, 5) is 16.6. The highest BCUT2D eigenvalue weighted by molar-refractivity contribution is 5.77. The van der Waals surface area contributed by atoms with Gasteiger partial charge in [-0.05, 0) is 50.4 Å². The Labute approximate surface area is 150 Å². The van der Waals surface area contributed by atoms with Crippen molar-refractivity contribution in [1.82, 2.24) is 9.80 Å². The standard InChI is InChI=1S/C20H30N2O3/c1-21-12-9-19(25-15-20(23)22-10-3-4-11-22)17(14-21)13-16-5-7-18(24-2)8-6-16/h5-8,17,19H,3-4,9-15H2,1-2H3/t17-,19+/m1/s1. The molecule has 25 heavy (non-hydrogen) atoms. The molecule has 2 atom stereocenters. The van der Waals surface area contributed by atoms with Gasteiger partial charge in [0.2, 0.25) is 5.91 Å². The molecule has 0 aliphatic carbocycles. The maximum atomic E-state index is 12.3. The molecule has 1 aromatic rings. The molecule has 0 saturated carbocycles. The summed E-state index contributed by atoms with van der Waals surface area (Å²) >= 11 is 0. The molecule has 1 amide bonds. The van der Waals surface area contributed by atoms with E-state index in [1.54, 1.807) is 7.11 Å². The minimum atomic E-state index is 0.152. The molecule has 0 radical (unpaired) electrons. The third-order valence-electron chi connectivity index (χ3n) is 5.40. The lowest BCUT2D eigenvalue weighted by Gasteiger charge is -2.37. The van der Waals surface area contributed by atoms with Gasteiger partial charge in [0, 0.05) is 32.1 Å². The van der Waals surface area contributed by atoms with E-state index in [-0.39, 0.29) is 18.6 Å². The van der Waals surface area contributed by atoms with Crippen LogP contribution in [0.2, 0.25) is 0 Å². The Bertz CT molecular complexity index is 555. The van der Waals surface area contributed by atoms with Crippen LogP contribution >= 0.6 is 0 Å². The van der Waals surface area contributed by atoms with E-state index in [0.717, 1.165) is 57.6 Å². The number of methoxy groups -OCH3 is 1. The molecule has 2 saturated heterocycles. The van der Waals surface area contributed by atoms with Crippen LogP contribution in [0.5, 0.6) is 5.75 Å². The molecular weight excluding hydrogens is 316 g/mol. The Balaban J connectivity index is 1.56. The highest BCUT2D eigenvalue weighted by Crippen LogP contribution is 2.24. The number of piperidine rings is 1. The van der Waals surface area contributed by atoms with E-state index in [0.29, 0.717) is 5.92 Å². The topological polar surface area (TPSA) is 42.0 Å². The van der Waals surface area contributed by atoms with Crippen LogP contribution in [0.4, 0.5) is 0 Å². The first-order valence-electron chi connectivity index (χ1n) is 9.36. The minimum absolute atomic E-state index is 0.152. The number of likely N-dealkylation sites (tertiary alicyclic amines) is 2. The SMILES string of the molecule is COc1ccc(C[C@@H]2CN(C)CC[C@@H]2OCC(=O)N2CCCC2)cc1. The minimum Gasteiger partial charge on any atom is -0.497 e. The van der Waals surface area contributed by atoms with Crippen molar-refractivity contribution >= 4 is 5.91 Å². The van der Waals surface area contributed by atoms with Crippen LogP contribution in [0, 0.1) is 5.92 Å². The molecule has 3 rings (SSSR count). The van der Waals surface area contributed by atoms with Gasteiger partial charge in [0.15, 0.2) is 0 Å². The first-order chi connectivity index (χ1) is 12.2. The number of ether oxygens (including phenoxy) is 2. The molecule has 2 aliphatic heterocycles. The highest BCUT2D eigenvalue weighted by Gasteiger charge is 2.30. The fourth-order valence-corrected chi connectivity index (χ4v) is 3.91. The first kappa shape index (κ1) is 18.2. The van der Waals surface area contributed by atoms with Crippen LogP contribution in [0.15, 0.2) is 24.3 Å². The fraction of sp³-hybridized carbons (Fsp3) is 0.650. The molecular formula is C20H30N2O3. The molecule has 0 N–H and O–H groups in total. The van der Waals surface area contributed by atoms with Crippen LogP contribution in [0.1, 0.15) is 24.8 Å². The first-order valence-corrected chi connectivity index (χ1v) is 9.36. The smallest absolute Gasteiger partial charge is 0.248 e. The van der Waals surface area contributed by atoms with Gasteiger partial charge in [-0.1, -0.05) is 12.1 Å². The summed E-state index contributed by atoms with van der Waals surface area (Å²) < 4.78 is 11.3. The van der Waals surface area contributed by atoms with E-state index < -0.39 is 0 Å². The molecule has 0 bridgehead atoms. The molecule has 2 fully saturated rings. The average Bonchev–Trinajstić information content (AvgIpc) is 3.16. The van der Waals surface area contributed by atoms with Crippen molar-refractivity contribution in [2.75, 3.05) is 46.9 Å². The van der Waals surface area contributed by atoms with Crippen LogP contribution in [-0.2, 0) is 16.0 Å². The summed E-state index contributed by atoms with van der Waals surface area (Å²) in [5.41, 5.74) is 1.29. The zero-order chi connectivity index (χ0) is 17.6. The van der Waals surface area contributed by atoms with Gasteiger partial charge < -0.3 is 19.3 Å². The molecule has 0 spiro atoms. The van der Waals surface area contributed by atoms with Crippen LogP contribution < -0.4 is 4.74 Å². The van der Waals surface area contributed by atoms with Gasteiger partial charge in [-0.3, -0.25) is 4.79 Å². The third-order valence-corrected chi connectivity index (χ3v) is 5.40. The van der Waals surface area contributed by atoms with Crippen molar-refractivity contribution in [1.29, 1.82) is 0 Å². The summed E-state index contributed by atoms with van der Waals surface area (Å²) in [5, 5.41) is 0. The number of carbonyl (C=O) groups is 1. The number of rotatable bonds is 6. The zero-order valence-corrected chi connectivity index (χ0v) is 15.4. The lowest BCUT2D eigenvalue weighted by Crippen LogP contribution is -2.44. The Morgan fingerprint density at radius 1 is 1.16 bits per heavy atom. The summed E-state index contributed by atoms with van der Waals surface area (Å²) in [7, 11) is 3.85. The van der Waals surface area contributed by atoms with Gasteiger partial charge in [0.25, 0.3) is 0 Å². The number of carbonyl (C=O) groups excluding carboxylic acids is 1. The molecule has 0 aromatic heterocycles. The predicted octanol–water partition coefficient (Wildman–Crippen LogP) is 2.20. The number of hydrogen-bond acceptors (Lipinski definition) is 4. The van der Waals surface area contributed by atoms with E-state index in [4.69, 9.17) is 9.47 Å². The molecule has 2 heterocycles. The monoisotopic (exact) mass is 346 g/mol. The van der Waals surface area contributed by atoms with Crippen molar-refractivity contribution in [3.05, 3.63) is 29.8 Å². The molecule has 1 aromatic carbocycles. The summed E-state index contributed by atoms with van der Waals surface area (Å²) in [6.07, 6.45) is 4.37. The largest absolute Gasteiger partial charge is 0.497 e. The number of nitrogens with zero attached hydrogens (tertiary/aromatic N) is 2. The Morgan fingerprint density at radius 3 is 2.56 bits per heavy atom. The maximum Gasteiger partial charge on any atom is 0.248 e. The van der Waals surface area contributed by atoms with Crippen LogP contribution in [0.25, 0.3) is 0 Å². The fourth-order valence-electron chi connectivity index (χ4n) is 3.91. The van der Waals surface area contributed by atoms with Gasteiger partial charge in [-0.15, -0.1) is 0 Å². The molecule has 5 heteroatoms. The van der Waals surface area contributed by atoms with Crippen molar-refractivity contribution in [2.45, 2.75) is 31.8 Å². The van der Waals surface area contributed by atoms with Crippen LogP contribution in [-0.4, -0.2) is 68.8 Å². The summed E-state index contributed by atoms with van der Waals surface area (Å²) in [6, 6.07) is 8.27. The second kappa shape index (κ2) is 8.68. The van der Waals surface area contributed by atoms with Gasteiger partial charge in [-0.2, -0.15) is 0 Å². The number of amides is 1. The van der Waals surface area contributed by atoms with Crippen LogP contribution in [0.3, 0.4) is 0 Å². The van der Waals surface area contributed by atoms with E-state index in [1.807, 2.05) is 17.0 Å². The second-order valence-electron chi connectivity index (χ2n) is 7.30. The Hall–Kier alpha value is -1.59. The van der Waals surface area contributed by atoms with Crippen molar-refractivity contribution in [3.8, 4) is 5.75 Å². The van der Waals surface area contributed by atoms with E-state index in [1.165, 1.54) is 5.56 Å². The lowest BCUT2D eigenvalue weighted by molar-refractivity contribution is -0.139. The van der Waals surface area contributed by atoms with Crippen molar-refractivity contribution in [2.24, 2.45) is 5.92 Å². The quantitative estimate of drug-likeness (QED) is 0.792. The molecule has 5 nitrogen and oxygen atoms in total. The number of hydrogen-bond donors (Lipinski definition) is 0. The lowest BCUT2D eigenvalue weighted by atomic mass is 9.88. The van der Waals surface area contributed by atoms with E-state index in [2.05, 4.69) is 24.1 Å². The molecule has 138 valence electrons. The second-order valence-corrected chi connectivity index (χ2v) is 7.30. The van der Waals surface area contributed by atoms with E-state index in [9.17, 15) is 4.79 Å². The normalized spacial score (nSPS) is 24.5. The third kappa shape index (κ3) is 4.95.